The predicted octanol–water partition coefficient (Wildman–Crippen LogP) is 1.23. The van der Waals surface area contributed by atoms with Crippen molar-refractivity contribution in [2.75, 3.05) is 20.1 Å². The number of nitrogens with zero attached hydrogens (tertiary/aromatic N) is 1. The molecule has 1 rings (SSSR count). The van der Waals surface area contributed by atoms with Crippen LogP contribution in [0.4, 0.5) is 0 Å². The molecule has 1 unspecified atom stereocenters. The molecule has 1 heterocycles. The summed E-state index contributed by atoms with van der Waals surface area (Å²) in [6.07, 6.45) is 1.17. The highest BCUT2D eigenvalue weighted by molar-refractivity contribution is 7.95. The van der Waals surface area contributed by atoms with Crippen LogP contribution in [0, 0.1) is 0 Å². The quantitative estimate of drug-likeness (QED) is 0.672. The lowest BCUT2D eigenvalue weighted by molar-refractivity contribution is 0.200. The van der Waals surface area contributed by atoms with Gasteiger partial charge in [0.05, 0.1) is 5.54 Å². The molecule has 3 nitrogen and oxygen atoms in total. The van der Waals surface area contributed by atoms with Gasteiger partial charge in [0.2, 0.25) is 0 Å². The molecule has 13 heavy (non-hydrogen) atoms. The summed E-state index contributed by atoms with van der Waals surface area (Å²) in [7, 11) is 2.19. The summed E-state index contributed by atoms with van der Waals surface area (Å²) < 4.78 is 6.76. The SMILES string of the molecule is CCC1(CN(C)C(C)C)CNSN1. The molecule has 0 saturated carbocycles. The van der Waals surface area contributed by atoms with Crippen molar-refractivity contribution in [3.8, 4) is 0 Å². The van der Waals surface area contributed by atoms with Crippen LogP contribution in [0.2, 0.25) is 0 Å². The second-order valence-electron chi connectivity index (χ2n) is 4.17. The smallest absolute Gasteiger partial charge is 0.0552 e. The van der Waals surface area contributed by atoms with Gasteiger partial charge in [0, 0.05) is 31.3 Å². The number of nitrogens with one attached hydrogen (secondary N) is 2. The van der Waals surface area contributed by atoms with Gasteiger partial charge in [-0.05, 0) is 27.3 Å². The average Bonchev–Trinajstić information content (AvgIpc) is 2.54. The largest absolute Gasteiger partial charge is 0.302 e. The number of rotatable bonds is 4. The van der Waals surface area contributed by atoms with E-state index in [0.29, 0.717) is 6.04 Å². The normalized spacial score (nSPS) is 29.1. The van der Waals surface area contributed by atoms with Crippen molar-refractivity contribution in [3.63, 3.8) is 0 Å². The Hall–Kier alpha value is 0.230. The van der Waals surface area contributed by atoms with Gasteiger partial charge in [-0.25, -0.2) is 9.44 Å². The molecule has 1 aliphatic rings. The van der Waals surface area contributed by atoms with E-state index < -0.39 is 0 Å². The van der Waals surface area contributed by atoms with Gasteiger partial charge in [-0.1, -0.05) is 6.92 Å². The van der Waals surface area contributed by atoms with Crippen molar-refractivity contribution in [2.24, 2.45) is 0 Å². The van der Waals surface area contributed by atoms with Gasteiger partial charge >= 0.3 is 0 Å². The lowest BCUT2D eigenvalue weighted by atomic mass is 9.97. The first-order valence-electron chi connectivity index (χ1n) is 4.96. The Morgan fingerprint density at radius 3 is 2.62 bits per heavy atom. The van der Waals surface area contributed by atoms with Crippen LogP contribution in [0.25, 0.3) is 0 Å². The first-order valence-corrected chi connectivity index (χ1v) is 5.77. The summed E-state index contributed by atoms with van der Waals surface area (Å²) in [4.78, 5) is 2.39. The van der Waals surface area contributed by atoms with Crippen LogP contribution in [-0.4, -0.2) is 36.6 Å². The topological polar surface area (TPSA) is 27.3 Å². The highest BCUT2D eigenvalue weighted by Gasteiger charge is 2.33. The third-order valence-corrected chi connectivity index (χ3v) is 3.68. The van der Waals surface area contributed by atoms with Crippen molar-refractivity contribution in [2.45, 2.75) is 38.8 Å². The Balaban J connectivity index is 2.48. The molecular weight excluding hydrogens is 182 g/mol. The minimum absolute atomic E-state index is 0.268. The van der Waals surface area contributed by atoms with Crippen LogP contribution >= 0.6 is 12.1 Å². The Bertz CT molecular complexity index is 155. The van der Waals surface area contributed by atoms with Crippen LogP contribution in [0.5, 0.6) is 0 Å². The van der Waals surface area contributed by atoms with Gasteiger partial charge in [0.1, 0.15) is 0 Å². The maximum Gasteiger partial charge on any atom is 0.0552 e. The summed E-state index contributed by atoms with van der Waals surface area (Å²) in [5.41, 5.74) is 0.268. The zero-order chi connectivity index (χ0) is 9.90. The molecule has 0 spiro atoms. The third-order valence-electron chi connectivity index (χ3n) is 2.86. The minimum Gasteiger partial charge on any atom is -0.302 e. The molecule has 0 aromatic heterocycles. The van der Waals surface area contributed by atoms with Crippen molar-refractivity contribution >= 4 is 12.1 Å². The second kappa shape index (κ2) is 4.64. The molecule has 2 N–H and O–H groups in total. The first kappa shape index (κ1) is 11.3. The van der Waals surface area contributed by atoms with Gasteiger partial charge in [0.15, 0.2) is 0 Å². The molecular formula is C9H21N3S. The van der Waals surface area contributed by atoms with Gasteiger partial charge in [-0.2, -0.15) is 0 Å². The van der Waals surface area contributed by atoms with E-state index in [1.165, 1.54) is 6.42 Å². The molecule has 1 fully saturated rings. The fourth-order valence-electron chi connectivity index (χ4n) is 1.41. The van der Waals surface area contributed by atoms with Crippen LogP contribution in [0.15, 0.2) is 0 Å². The molecule has 0 aromatic rings. The Morgan fingerprint density at radius 2 is 2.23 bits per heavy atom. The lowest BCUT2D eigenvalue weighted by Crippen LogP contribution is -2.51. The molecule has 0 bridgehead atoms. The second-order valence-corrected chi connectivity index (χ2v) is 4.86. The van der Waals surface area contributed by atoms with E-state index in [1.54, 1.807) is 12.1 Å². The molecule has 0 aliphatic carbocycles. The summed E-state index contributed by atoms with van der Waals surface area (Å²) >= 11 is 1.63. The summed E-state index contributed by atoms with van der Waals surface area (Å²) in [6, 6.07) is 0.621. The maximum atomic E-state index is 3.47. The standard InChI is InChI=1S/C9H21N3S/c1-5-9(6-10-13-11-9)7-12(4)8(2)3/h8,10-11H,5-7H2,1-4H3. The monoisotopic (exact) mass is 203 g/mol. The fraction of sp³-hybridized carbons (Fsp3) is 1.00. The van der Waals surface area contributed by atoms with E-state index in [4.69, 9.17) is 0 Å². The Kier molecular flexibility index (Phi) is 4.04. The minimum atomic E-state index is 0.268. The van der Waals surface area contributed by atoms with E-state index in [-0.39, 0.29) is 5.54 Å². The molecule has 0 aromatic carbocycles. The molecule has 1 atom stereocenters. The maximum absolute atomic E-state index is 3.47. The number of hydrogen-bond acceptors (Lipinski definition) is 4. The van der Waals surface area contributed by atoms with Crippen molar-refractivity contribution in [3.05, 3.63) is 0 Å². The van der Waals surface area contributed by atoms with Crippen LogP contribution in [-0.2, 0) is 0 Å². The van der Waals surface area contributed by atoms with Crippen molar-refractivity contribution < 1.29 is 0 Å². The zero-order valence-electron chi connectivity index (χ0n) is 9.05. The lowest BCUT2D eigenvalue weighted by Gasteiger charge is -2.33. The number of hydrogen-bond donors (Lipinski definition) is 2. The van der Waals surface area contributed by atoms with Gasteiger partial charge in [0.25, 0.3) is 0 Å². The van der Waals surface area contributed by atoms with Gasteiger partial charge < -0.3 is 4.90 Å². The van der Waals surface area contributed by atoms with Gasteiger partial charge in [-0.3, -0.25) is 0 Å². The molecule has 1 saturated heterocycles. The average molecular weight is 203 g/mol. The number of likely N-dealkylation sites (N-methyl/N-ethyl adjacent to an activating group) is 1. The molecule has 1 aliphatic heterocycles. The van der Waals surface area contributed by atoms with Crippen LogP contribution in [0.1, 0.15) is 27.2 Å². The molecule has 0 radical (unpaired) electrons. The predicted molar refractivity (Wildman–Crippen MR) is 59.5 cm³/mol. The van der Waals surface area contributed by atoms with Crippen LogP contribution < -0.4 is 9.44 Å². The summed E-state index contributed by atoms with van der Waals surface area (Å²) in [5, 5.41) is 0. The summed E-state index contributed by atoms with van der Waals surface area (Å²) in [5.74, 6) is 0. The Labute approximate surface area is 85.9 Å². The highest BCUT2D eigenvalue weighted by atomic mass is 32.2. The van der Waals surface area contributed by atoms with Crippen molar-refractivity contribution in [1.29, 1.82) is 0 Å². The zero-order valence-corrected chi connectivity index (χ0v) is 9.87. The molecule has 78 valence electrons. The van der Waals surface area contributed by atoms with Gasteiger partial charge in [-0.15, -0.1) is 0 Å². The van der Waals surface area contributed by atoms with E-state index in [0.717, 1.165) is 13.1 Å². The molecule has 0 amide bonds. The van der Waals surface area contributed by atoms with E-state index in [2.05, 4.69) is 42.2 Å². The summed E-state index contributed by atoms with van der Waals surface area (Å²) in [6.45, 7) is 8.89. The fourth-order valence-corrected chi connectivity index (χ4v) is 2.33. The van der Waals surface area contributed by atoms with Crippen molar-refractivity contribution in [1.82, 2.24) is 14.3 Å². The van der Waals surface area contributed by atoms with Crippen LogP contribution in [0.3, 0.4) is 0 Å². The van der Waals surface area contributed by atoms with E-state index >= 15 is 0 Å². The highest BCUT2D eigenvalue weighted by Crippen LogP contribution is 2.20. The Morgan fingerprint density at radius 1 is 1.54 bits per heavy atom. The third kappa shape index (κ3) is 2.84. The van der Waals surface area contributed by atoms with E-state index in [9.17, 15) is 0 Å². The van der Waals surface area contributed by atoms with E-state index in [1.807, 2.05) is 0 Å². The first-order chi connectivity index (χ1) is 6.09. The molecule has 4 heteroatoms.